The fourth-order valence-corrected chi connectivity index (χ4v) is 3.34. The molecule has 0 radical (unpaired) electrons. The zero-order valence-electron chi connectivity index (χ0n) is 17.7. The Morgan fingerprint density at radius 2 is 1.55 bits per heavy atom. The van der Waals surface area contributed by atoms with Gasteiger partial charge in [-0.2, -0.15) is 26.3 Å². The van der Waals surface area contributed by atoms with Gasteiger partial charge in [0, 0.05) is 17.4 Å². The Kier molecular flexibility index (Phi) is 7.29. The van der Waals surface area contributed by atoms with E-state index < -0.39 is 29.4 Å². The number of para-hydroxylation sites is 1. The van der Waals surface area contributed by atoms with Crippen LogP contribution >= 0.6 is 0 Å². The van der Waals surface area contributed by atoms with Crippen molar-refractivity contribution in [2.45, 2.75) is 51.4 Å². The van der Waals surface area contributed by atoms with Crippen LogP contribution in [-0.2, 0) is 17.1 Å². The molecular formula is C24H21F6NO2. The minimum atomic E-state index is -4.97. The van der Waals surface area contributed by atoms with Crippen LogP contribution < -0.4 is 4.74 Å². The van der Waals surface area contributed by atoms with E-state index in [0.29, 0.717) is 23.9 Å². The number of unbranched alkanes of at least 4 members (excludes halogenated alkanes) is 3. The molecule has 0 aliphatic heterocycles. The number of pyridine rings is 1. The van der Waals surface area contributed by atoms with Gasteiger partial charge in [-0.15, -0.1) is 0 Å². The zero-order valence-corrected chi connectivity index (χ0v) is 17.7. The van der Waals surface area contributed by atoms with E-state index in [0.717, 1.165) is 19.3 Å². The van der Waals surface area contributed by atoms with E-state index in [1.165, 1.54) is 18.2 Å². The smallest absolute Gasteiger partial charge is 0.416 e. The van der Waals surface area contributed by atoms with Crippen LogP contribution in [-0.4, -0.2) is 11.0 Å². The third kappa shape index (κ3) is 6.24. The summed E-state index contributed by atoms with van der Waals surface area (Å²) < 4.78 is 84.7. The first-order valence-electron chi connectivity index (χ1n) is 10.4. The lowest BCUT2D eigenvalue weighted by atomic mass is 10.0. The molecule has 176 valence electrons. The second-order valence-corrected chi connectivity index (χ2v) is 7.60. The first-order valence-corrected chi connectivity index (χ1v) is 10.4. The van der Waals surface area contributed by atoms with Crippen LogP contribution in [0.15, 0.2) is 48.5 Å². The van der Waals surface area contributed by atoms with E-state index in [1.54, 1.807) is 12.1 Å². The topological polar surface area (TPSA) is 39.2 Å². The van der Waals surface area contributed by atoms with E-state index in [-0.39, 0.29) is 35.0 Å². The first kappa shape index (κ1) is 24.5. The van der Waals surface area contributed by atoms with Gasteiger partial charge in [-0.1, -0.05) is 44.4 Å². The zero-order chi connectivity index (χ0) is 24.2. The molecule has 9 heteroatoms. The molecule has 0 fully saturated rings. The lowest BCUT2D eigenvalue weighted by Gasteiger charge is -2.14. The van der Waals surface area contributed by atoms with Crippen molar-refractivity contribution in [2.75, 3.05) is 0 Å². The van der Waals surface area contributed by atoms with Gasteiger partial charge in [0.1, 0.15) is 5.52 Å². The molecule has 1 heterocycles. The number of aromatic nitrogens is 1. The largest absolute Gasteiger partial charge is 0.424 e. The number of halogens is 6. The van der Waals surface area contributed by atoms with E-state index in [9.17, 15) is 31.1 Å². The summed E-state index contributed by atoms with van der Waals surface area (Å²) in [6, 6.07) is 8.88. The Morgan fingerprint density at radius 1 is 0.879 bits per heavy atom. The number of carbonyl (C=O) groups is 1. The van der Waals surface area contributed by atoms with Gasteiger partial charge in [0.2, 0.25) is 0 Å². The van der Waals surface area contributed by atoms with Crippen LogP contribution in [0.4, 0.5) is 26.3 Å². The molecule has 33 heavy (non-hydrogen) atoms. The third-order valence-electron chi connectivity index (χ3n) is 5.02. The molecule has 0 amide bonds. The van der Waals surface area contributed by atoms with E-state index >= 15 is 0 Å². The van der Waals surface area contributed by atoms with Crippen molar-refractivity contribution < 1.29 is 35.9 Å². The lowest BCUT2D eigenvalue weighted by Crippen LogP contribution is -2.11. The van der Waals surface area contributed by atoms with Crippen LogP contribution in [0.5, 0.6) is 5.75 Å². The van der Waals surface area contributed by atoms with Crippen LogP contribution in [0.1, 0.15) is 50.2 Å². The molecule has 0 saturated carbocycles. The van der Waals surface area contributed by atoms with Crippen LogP contribution in [0, 0.1) is 0 Å². The number of fused-ring (bicyclic) bond motifs is 1. The van der Waals surface area contributed by atoms with Gasteiger partial charge in [-0.05, 0) is 36.8 Å². The predicted molar refractivity (Wildman–Crippen MR) is 112 cm³/mol. The fourth-order valence-electron chi connectivity index (χ4n) is 3.34. The molecule has 0 aliphatic rings. The molecule has 3 nitrogen and oxygen atoms in total. The van der Waals surface area contributed by atoms with Gasteiger partial charge in [-0.3, -0.25) is 4.79 Å². The van der Waals surface area contributed by atoms with Gasteiger partial charge in [-0.25, -0.2) is 4.98 Å². The Balaban J connectivity index is 2.00. The Hall–Kier alpha value is -3.10. The van der Waals surface area contributed by atoms with Crippen molar-refractivity contribution in [2.24, 2.45) is 0 Å². The molecule has 0 N–H and O–H groups in total. The summed E-state index contributed by atoms with van der Waals surface area (Å²) in [5.41, 5.74) is -3.14. The quantitative estimate of drug-likeness (QED) is 0.153. The highest BCUT2D eigenvalue weighted by atomic mass is 19.4. The molecular weight excluding hydrogens is 448 g/mol. The van der Waals surface area contributed by atoms with Crippen molar-refractivity contribution in [3.63, 3.8) is 0 Å². The summed E-state index contributed by atoms with van der Waals surface area (Å²) in [5, 5.41) is 0.526. The number of esters is 1. The Bertz CT molecular complexity index is 1110. The molecule has 3 aromatic rings. The number of hydrogen-bond donors (Lipinski definition) is 0. The average Bonchev–Trinajstić information content (AvgIpc) is 2.75. The normalized spacial score (nSPS) is 12.2. The van der Waals surface area contributed by atoms with Gasteiger partial charge >= 0.3 is 18.3 Å². The van der Waals surface area contributed by atoms with Crippen molar-refractivity contribution in [1.82, 2.24) is 4.98 Å². The Morgan fingerprint density at radius 3 is 2.15 bits per heavy atom. The maximum absolute atomic E-state index is 13.2. The summed E-state index contributed by atoms with van der Waals surface area (Å²) in [5.74, 6) is -0.387. The summed E-state index contributed by atoms with van der Waals surface area (Å²) in [4.78, 5) is 16.4. The SMILES string of the molecule is CCCCCCC(=O)Oc1cccc2ccc(-c3cc(C(F)(F)F)cc(C(F)(F)F)c3)nc12. The molecule has 0 saturated heterocycles. The van der Waals surface area contributed by atoms with Crippen molar-refractivity contribution >= 4 is 16.9 Å². The second-order valence-electron chi connectivity index (χ2n) is 7.60. The second kappa shape index (κ2) is 9.80. The maximum atomic E-state index is 13.2. The number of benzene rings is 2. The van der Waals surface area contributed by atoms with Gasteiger partial charge in [0.15, 0.2) is 5.75 Å². The summed E-state index contributed by atoms with van der Waals surface area (Å²) in [6.45, 7) is 2.04. The molecule has 0 atom stereocenters. The van der Waals surface area contributed by atoms with Crippen LogP contribution in [0.25, 0.3) is 22.2 Å². The van der Waals surface area contributed by atoms with Crippen LogP contribution in [0.3, 0.4) is 0 Å². The minimum absolute atomic E-state index is 0.0658. The fraction of sp³-hybridized carbons (Fsp3) is 0.333. The predicted octanol–water partition coefficient (Wildman–Crippen LogP) is 7.82. The number of alkyl halides is 6. The molecule has 0 spiro atoms. The third-order valence-corrected chi connectivity index (χ3v) is 5.02. The highest BCUT2D eigenvalue weighted by Crippen LogP contribution is 2.39. The van der Waals surface area contributed by atoms with Gasteiger partial charge in [0.05, 0.1) is 16.8 Å². The summed E-state index contributed by atoms with van der Waals surface area (Å²) in [6.07, 6.45) is -6.21. The standard InChI is InChI=1S/C24H21F6NO2/c1-2-3-4-5-9-21(32)33-20-8-6-7-15-10-11-19(31-22(15)20)16-12-17(23(25,26)27)14-18(13-16)24(28,29)30/h6-8,10-14H,2-5,9H2,1H3. The first-order chi connectivity index (χ1) is 15.5. The summed E-state index contributed by atoms with van der Waals surface area (Å²) in [7, 11) is 0. The molecule has 0 bridgehead atoms. The van der Waals surface area contributed by atoms with Crippen LogP contribution in [0.2, 0.25) is 0 Å². The molecule has 2 aromatic carbocycles. The highest BCUT2D eigenvalue weighted by molar-refractivity contribution is 5.89. The van der Waals surface area contributed by atoms with Gasteiger partial charge < -0.3 is 4.74 Å². The lowest BCUT2D eigenvalue weighted by molar-refractivity contribution is -0.143. The number of ether oxygens (including phenoxy) is 1. The van der Waals surface area contributed by atoms with E-state index in [4.69, 9.17) is 4.74 Å². The average molecular weight is 469 g/mol. The molecule has 0 aliphatic carbocycles. The van der Waals surface area contributed by atoms with E-state index in [1.807, 2.05) is 6.92 Å². The Labute approximate surface area is 186 Å². The van der Waals surface area contributed by atoms with Gasteiger partial charge in [0.25, 0.3) is 0 Å². The summed E-state index contributed by atoms with van der Waals surface area (Å²) >= 11 is 0. The number of nitrogens with zero attached hydrogens (tertiary/aromatic N) is 1. The number of rotatable bonds is 7. The molecule has 0 unspecified atom stereocenters. The molecule has 3 rings (SSSR count). The number of carbonyl (C=O) groups excluding carboxylic acids is 1. The van der Waals surface area contributed by atoms with Crippen molar-refractivity contribution in [1.29, 1.82) is 0 Å². The highest BCUT2D eigenvalue weighted by Gasteiger charge is 2.37. The molecule has 1 aromatic heterocycles. The number of hydrogen-bond acceptors (Lipinski definition) is 3. The minimum Gasteiger partial charge on any atom is -0.424 e. The monoisotopic (exact) mass is 469 g/mol. The maximum Gasteiger partial charge on any atom is 0.416 e. The van der Waals surface area contributed by atoms with Crippen molar-refractivity contribution in [3.05, 3.63) is 59.7 Å². The van der Waals surface area contributed by atoms with Crippen molar-refractivity contribution in [3.8, 4) is 17.0 Å². The van der Waals surface area contributed by atoms with E-state index in [2.05, 4.69) is 4.98 Å².